The topological polar surface area (TPSA) is 58.0 Å². The van der Waals surface area contributed by atoms with Crippen LogP contribution < -0.4 is 5.32 Å². The van der Waals surface area contributed by atoms with Crippen LogP contribution >= 0.6 is 11.3 Å². The van der Waals surface area contributed by atoms with Crippen molar-refractivity contribution in [3.05, 3.63) is 29.3 Å². The van der Waals surface area contributed by atoms with Crippen molar-refractivity contribution in [2.75, 3.05) is 0 Å². The Hall–Kier alpha value is -1.46. The lowest BCUT2D eigenvalue weighted by Crippen LogP contribution is -2.14. The second-order valence-electron chi connectivity index (χ2n) is 4.21. The van der Waals surface area contributed by atoms with E-state index in [-0.39, 0.29) is 5.75 Å². The van der Waals surface area contributed by atoms with E-state index in [1.807, 2.05) is 12.1 Å². The van der Waals surface area contributed by atoms with E-state index < -0.39 is 0 Å². The van der Waals surface area contributed by atoms with E-state index in [1.54, 1.807) is 23.5 Å². The number of nitrogens with one attached hydrogen (secondary N) is 1. The second-order valence-corrected chi connectivity index (χ2v) is 5.27. The van der Waals surface area contributed by atoms with Gasteiger partial charge in [-0.25, -0.2) is 0 Å². The molecule has 3 rings (SSSR count). The molecule has 1 aliphatic rings. The number of phenolic OH excluding ortho intramolecular Hbond substituents is 1. The number of nitrogens with zero attached hydrogens (tertiary/aromatic N) is 2. The summed E-state index contributed by atoms with van der Waals surface area (Å²) in [5, 5.41) is 23.0. The minimum absolute atomic E-state index is 0.260. The summed E-state index contributed by atoms with van der Waals surface area (Å²) in [7, 11) is 0. The van der Waals surface area contributed by atoms with Gasteiger partial charge in [-0.05, 0) is 25.0 Å². The molecule has 0 bridgehead atoms. The van der Waals surface area contributed by atoms with Crippen LogP contribution in [0.3, 0.4) is 0 Å². The Morgan fingerprint density at radius 1 is 1.35 bits per heavy atom. The average Bonchev–Trinajstić information content (AvgIpc) is 3.04. The number of rotatable bonds is 4. The van der Waals surface area contributed by atoms with Crippen LogP contribution in [0.4, 0.5) is 0 Å². The van der Waals surface area contributed by atoms with Crippen molar-refractivity contribution in [3.8, 4) is 16.3 Å². The molecule has 17 heavy (non-hydrogen) atoms. The van der Waals surface area contributed by atoms with E-state index in [0.29, 0.717) is 6.04 Å². The zero-order valence-corrected chi connectivity index (χ0v) is 10.1. The first-order valence-corrected chi connectivity index (χ1v) is 6.48. The molecule has 2 N–H and O–H groups in total. The van der Waals surface area contributed by atoms with E-state index in [4.69, 9.17) is 0 Å². The molecule has 0 aliphatic heterocycles. The number of phenols is 1. The van der Waals surface area contributed by atoms with Gasteiger partial charge in [-0.3, -0.25) is 0 Å². The summed E-state index contributed by atoms with van der Waals surface area (Å²) in [5.41, 5.74) is 0.917. The number of benzene rings is 1. The summed E-state index contributed by atoms with van der Waals surface area (Å²) in [6.07, 6.45) is 2.55. The summed E-state index contributed by atoms with van der Waals surface area (Å²) in [6, 6.07) is 7.79. The van der Waals surface area contributed by atoms with Crippen LogP contribution in [0.15, 0.2) is 24.3 Å². The van der Waals surface area contributed by atoms with Gasteiger partial charge in [-0.1, -0.05) is 23.5 Å². The number of aromatic nitrogens is 2. The molecule has 1 aromatic carbocycles. The van der Waals surface area contributed by atoms with Crippen LogP contribution in [0, 0.1) is 0 Å². The van der Waals surface area contributed by atoms with E-state index in [0.717, 1.165) is 22.1 Å². The van der Waals surface area contributed by atoms with Gasteiger partial charge >= 0.3 is 0 Å². The second kappa shape index (κ2) is 4.43. The molecule has 0 atom stereocenters. The standard InChI is InChI=1S/C12H13N3OS/c16-10-3-1-2-8(6-10)12-15-14-11(17-12)7-13-9-4-5-9/h1-3,6,9,13,16H,4-5,7H2. The highest BCUT2D eigenvalue weighted by molar-refractivity contribution is 7.14. The first-order chi connectivity index (χ1) is 8.31. The van der Waals surface area contributed by atoms with Gasteiger partial charge in [0.2, 0.25) is 0 Å². The molecule has 1 aliphatic carbocycles. The molecule has 0 radical (unpaired) electrons. The molecule has 0 spiro atoms. The van der Waals surface area contributed by atoms with Crippen LogP contribution in [0.2, 0.25) is 0 Å². The van der Waals surface area contributed by atoms with E-state index >= 15 is 0 Å². The first kappa shape index (κ1) is 10.7. The molecule has 4 nitrogen and oxygen atoms in total. The predicted octanol–water partition coefficient (Wildman–Crippen LogP) is 2.16. The third-order valence-corrected chi connectivity index (χ3v) is 3.65. The maximum absolute atomic E-state index is 9.41. The van der Waals surface area contributed by atoms with Gasteiger partial charge in [0.1, 0.15) is 15.8 Å². The molecular formula is C12H13N3OS. The number of hydrogen-bond donors (Lipinski definition) is 2. The third kappa shape index (κ3) is 2.62. The molecule has 5 heteroatoms. The largest absolute Gasteiger partial charge is 0.508 e. The Balaban J connectivity index is 1.74. The normalized spacial score (nSPS) is 15.1. The monoisotopic (exact) mass is 247 g/mol. The molecule has 0 unspecified atom stereocenters. The lowest BCUT2D eigenvalue weighted by molar-refractivity contribution is 0.475. The number of aromatic hydroxyl groups is 1. The van der Waals surface area contributed by atoms with Crippen molar-refractivity contribution in [1.82, 2.24) is 15.5 Å². The molecule has 1 saturated carbocycles. The molecule has 2 aromatic rings. The Morgan fingerprint density at radius 2 is 2.24 bits per heavy atom. The Labute approximate surface area is 103 Å². The highest BCUT2D eigenvalue weighted by atomic mass is 32.1. The van der Waals surface area contributed by atoms with Crippen LogP contribution in [0.1, 0.15) is 17.8 Å². The molecule has 1 heterocycles. The molecule has 1 fully saturated rings. The molecule has 88 valence electrons. The maximum atomic E-state index is 9.41. The van der Waals surface area contributed by atoms with Crippen molar-refractivity contribution >= 4 is 11.3 Å². The fourth-order valence-electron chi connectivity index (χ4n) is 1.60. The summed E-state index contributed by atoms with van der Waals surface area (Å²) in [5.74, 6) is 0.260. The summed E-state index contributed by atoms with van der Waals surface area (Å²) in [6.45, 7) is 0.793. The quantitative estimate of drug-likeness (QED) is 0.869. The zero-order chi connectivity index (χ0) is 11.7. The molecule has 0 amide bonds. The van der Waals surface area contributed by atoms with E-state index in [1.165, 1.54) is 12.8 Å². The minimum atomic E-state index is 0.260. The number of hydrogen-bond acceptors (Lipinski definition) is 5. The van der Waals surface area contributed by atoms with Crippen LogP contribution in [0.5, 0.6) is 5.75 Å². The molecule has 0 saturated heterocycles. The lowest BCUT2D eigenvalue weighted by atomic mass is 10.2. The van der Waals surface area contributed by atoms with Gasteiger partial charge in [0.25, 0.3) is 0 Å². The zero-order valence-electron chi connectivity index (χ0n) is 9.26. The minimum Gasteiger partial charge on any atom is -0.508 e. The Bertz CT molecular complexity index is 522. The lowest BCUT2D eigenvalue weighted by Gasteiger charge is -1.96. The van der Waals surface area contributed by atoms with Crippen molar-refractivity contribution in [3.63, 3.8) is 0 Å². The van der Waals surface area contributed by atoms with Crippen molar-refractivity contribution < 1.29 is 5.11 Å². The molecule has 1 aromatic heterocycles. The smallest absolute Gasteiger partial charge is 0.147 e. The highest BCUT2D eigenvalue weighted by Gasteiger charge is 2.20. The van der Waals surface area contributed by atoms with Gasteiger partial charge in [0, 0.05) is 18.2 Å². The Morgan fingerprint density at radius 3 is 3.00 bits per heavy atom. The van der Waals surface area contributed by atoms with Gasteiger partial charge in [0.05, 0.1) is 0 Å². The third-order valence-electron chi connectivity index (χ3n) is 2.68. The highest BCUT2D eigenvalue weighted by Crippen LogP contribution is 2.26. The fraction of sp³-hybridized carbons (Fsp3) is 0.333. The van der Waals surface area contributed by atoms with Gasteiger partial charge in [-0.15, -0.1) is 10.2 Å². The van der Waals surface area contributed by atoms with Crippen molar-refractivity contribution in [2.24, 2.45) is 0 Å². The van der Waals surface area contributed by atoms with Gasteiger partial charge in [0.15, 0.2) is 0 Å². The van der Waals surface area contributed by atoms with Crippen molar-refractivity contribution in [1.29, 1.82) is 0 Å². The van der Waals surface area contributed by atoms with Crippen molar-refractivity contribution in [2.45, 2.75) is 25.4 Å². The first-order valence-electron chi connectivity index (χ1n) is 5.66. The van der Waals surface area contributed by atoms with E-state index in [2.05, 4.69) is 15.5 Å². The van der Waals surface area contributed by atoms with Crippen LogP contribution in [-0.4, -0.2) is 21.3 Å². The molecular weight excluding hydrogens is 234 g/mol. The van der Waals surface area contributed by atoms with Gasteiger partial charge in [-0.2, -0.15) is 0 Å². The maximum Gasteiger partial charge on any atom is 0.147 e. The van der Waals surface area contributed by atoms with Crippen LogP contribution in [0.25, 0.3) is 10.6 Å². The Kier molecular flexibility index (Phi) is 2.78. The predicted molar refractivity (Wildman–Crippen MR) is 66.9 cm³/mol. The fourth-order valence-corrected chi connectivity index (χ4v) is 2.39. The summed E-state index contributed by atoms with van der Waals surface area (Å²) >= 11 is 1.57. The summed E-state index contributed by atoms with van der Waals surface area (Å²) < 4.78 is 0. The average molecular weight is 247 g/mol. The SMILES string of the molecule is Oc1cccc(-c2nnc(CNC3CC3)s2)c1. The van der Waals surface area contributed by atoms with Gasteiger partial charge < -0.3 is 10.4 Å². The summed E-state index contributed by atoms with van der Waals surface area (Å²) in [4.78, 5) is 0. The van der Waals surface area contributed by atoms with Crippen LogP contribution in [-0.2, 0) is 6.54 Å². The van der Waals surface area contributed by atoms with E-state index in [9.17, 15) is 5.11 Å².